The van der Waals surface area contributed by atoms with Gasteiger partial charge in [0.05, 0.1) is 13.2 Å². The van der Waals surface area contributed by atoms with Gasteiger partial charge in [-0.1, -0.05) is 72.5 Å². The van der Waals surface area contributed by atoms with Crippen molar-refractivity contribution in [1.82, 2.24) is 0 Å². The molecule has 0 amide bonds. The Labute approximate surface area is 154 Å². The van der Waals surface area contributed by atoms with Crippen molar-refractivity contribution in [2.45, 2.75) is 79.1 Å². The molecule has 0 aromatic carbocycles. The van der Waals surface area contributed by atoms with Gasteiger partial charge in [0.2, 0.25) is 0 Å². The lowest BCUT2D eigenvalue weighted by Gasteiger charge is -2.13. The van der Waals surface area contributed by atoms with Crippen molar-refractivity contribution < 1.29 is 19.1 Å². The van der Waals surface area contributed by atoms with E-state index in [0.717, 1.165) is 25.7 Å². The van der Waals surface area contributed by atoms with Crippen molar-refractivity contribution >= 4 is 11.9 Å². The number of hydrogen-bond donors (Lipinski definition) is 0. The summed E-state index contributed by atoms with van der Waals surface area (Å²) in [4.78, 5) is 21.6. The van der Waals surface area contributed by atoms with Crippen molar-refractivity contribution in [1.29, 1.82) is 0 Å². The minimum absolute atomic E-state index is 0.272. The van der Waals surface area contributed by atoms with E-state index in [2.05, 4.69) is 33.9 Å². The average Bonchev–Trinajstić information content (AvgIpc) is 2.61. The molecule has 0 rings (SSSR count). The molecule has 0 aliphatic heterocycles. The van der Waals surface area contributed by atoms with Crippen LogP contribution in [0.1, 0.15) is 79.1 Å². The number of rotatable bonds is 13. The minimum atomic E-state index is -0.310. The molecule has 0 radical (unpaired) electrons. The fraction of sp³-hybridized carbons (Fsp3) is 0.714. The summed E-state index contributed by atoms with van der Waals surface area (Å²) in [5.74, 6) is -0.0645. The van der Waals surface area contributed by atoms with E-state index in [9.17, 15) is 9.59 Å². The monoisotopic (exact) mass is 354 g/mol. The van der Waals surface area contributed by atoms with Crippen LogP contribution in [-0.2, 0) is 19.1 Å². The topological polar surface area (TPSA) is 52.6 Å². The first-order valence-corrected chi connectivity index (χ1v) is 9.54. The molecule has 0 aliphatic rings. The molecule has 0 saturated heterocycles. The summed E-state index contributed by atoms with van der Waals surface area (Å²) in [5.41, 5.74) is 0.477. The lowest BCUT2D eigenvalue weighted by atomic mass is 10.0. The first-order valence-electron chi connectivity index (χ1n) is 9.54. The third kappa shape index (κ3) is 18.6. The second-order valence-corrected chi connectivity index (χ2v) is 6.23. The van der Waals surface area contributed by atoms with Gasteiger partial charge >= 0.3 is 11.9 Å². The van der Waals surface area contributed by atoms with Crippen LogP contribution < -0.4 is 0 Å². The molecule has 4 nitrogen and oxygen atoms in total. The fourth-order valence-corrected chi connectivity index (χ4v) is 1.97. The van der Waals surface area contributed by atoms with E-state index in [1.807, 2.05) is 0 Å². The Bertz CT molecular complexity index is 374. The molecule has 1 atom stereocenters. The van der Waals surface area contributed by atoms with Crippen LogP contribution in [0.4, 0.5) is 0 Å². The van der Waals surface area contributed by atoms with Crippen LogP contribution in [0.5, 0.6) is 0 Å². The Kier molecular flexibility index (Phi) is 19.2. The molecule has 0 fully saturated rings. The smallest absolute Gasteiger partial charge is 0.333 e. The summed E-state index contributed by atoms with van der Waals surface area (Å²) >= 11 is 0. The molecule has 0 heterocycles. The number of carbonyl (C=O) groups excluding carboxylic acids is 2. The van der Waals surface area contributed by atoms with Gasteiger partial charge in [0.15, 0.2) is 0 Å². The normalized spacial score (nSPS) is 10.9. The zero-order valence-corrected chi connectivity index (χ0v) is 16.8. The largest absolute Gasteiger partial charge is 0.462 e. The van der Waals surface area contributed by atoms with Crippen LogP contribution in [-0.4, -0.2) is 25.2 Å². The predicted molar refractivity (Wildman–Crippen MR) is 104 cm³/mol. The van der Waals surface area contributed by atoms with Gasteiger partial charge in [0, 0.05) is 11.6 Å². The third-order valence-electron chi connectivity index (χ3n) is 3.75. The Balaban J connectivity index is 0. The zero-order chi connectivity index (χ0) is 19.5. The molecule has 146 valence electrons. The standard InChI is InChI=1S/C11H20O2.C10H18O2/c1-4-7-8-10(5-2)9-13-11(12)6-3;1-4-5-6-7-8-12-10(11)9(2)3/h6,10H,3-5,7-9H2,1-2H3;2,4-8H2,1,3H3. The molecule has 25 heavy (non-hydrogen) atoms. The van der Waals surface area contributed by atoms with Crippen molar-refractivity contribution in [2.75, 3.05) is 13.2 Å². The molecular formula is C21H38O4. The van der Waals surface area contributed by atoms with Gasteiger partial charge in [-0.3, -0.25) is 0 Å². The van der Waals surface area contributed by atoms with Crippen LogP contribution in [0.2, 0.25) is 0 Å². The Hall–Kier alpha value is -1.58. The number of esters is 2. The van der Waals surface area contributed by atoms with Crippen LogP contribution in [0.3, 0.4) is 0 Å². The van der Waals surface area contributed by atoms with Gasteiger partial charge in [0.1, 0.15) is 0 Å². The SMILES string of the molecule is C=C(C)C(=O)OCCCCCC.C=CC(=O)OCC(CC)CCCC. The maximum Gasteiger partial charge on any atom is 0.333 e. The van der Waals surface area contributed by atoms with E-state index in [-0.39, 0.29) is 11.9 Å². The lowest BCUT2D eigenvalue weighted by molar-refractivity contribution is -0.140. The van der Waals surface area contributed by atoms with Crippen molar-refractivity contribution in [2.24, 2.45) is 5.92 Å². The first kappa shape index (κ1) is 25.7. The number of hydrogen-bond acceptors (Lipinski definition) is 4. The van der Waals surface area contributed by atoms with Crippen molar-refractivity contribution in [3.63, 3.8) is 0 Å². The van der Waals surface area contributed by atoms with Crippen LogP contribution in [0, 0.1) is 5.92 Å². The lowest BCUT2D eigenvalue weighted by Crippen LogP contribution is -2.12. The maximum absolute atomic E-state index is 10.9. The van der Waals surface area contributed by atoms with Crippen LogP contribution >= 0.6 is 0 Å². The number of ether oxygens (including phenoxy) is 2. The average molecular weight is 355 g/mol. The van der Waals surface area contributed by atoms with Gasteiger partial charge in [-0.15, -0.1) is 0 Å². The molecule has 0 saturated carbocycles. The molecule has 0 aromatic heterocycles. The molecular weight excluding hydrogens is 316 g/mol. The highest BCUT2D eigenvalue weighted by molar-refractivity contribution is 5.86. The van der Waals surface area contributed by atoms with E-state index >= 15 is 0 Å². The van der Waals surface area contributed by atoms with Gasteiger partial charge in [0.25, 0.3) is 0 Å². The maximum atomic E-state index is 10.9. The van der Waals surface area contributed by atoms with E-state index < -0.39 is 0 Å². The van der Waals surface area contributed by atoms with E-state index in [4.69, 9.17) is 9.47 Å². The van der Waals surface area contributed by atoms with E-state index in [1.54, 1.807) is 6.92 Å². The fourth-order valence-electron chi connectivity index (χ4n) is 1.97. The molecule has 0 N–H and O–H groups in total. The molecule has 0 aromatic rings. The van der Waals surface area contributed by atoms with Gasteiger partial charge in [-0.2, -0.15) is 0 Å². The highest BCUT2D eigenvalue weighted by Crippen LogP contribution is 2.12. The summed E-state index contributed by atoms with van der Waals surface area (Å²) in [6.45, 7) is 16.0. The Morgan fingerprint density at radius 1 is 1.00 bits per heavy atom. The van der Waals surface area contributed by atoms with Gasteiger partial charge in [-0.05, 0) is 25.7 Å². The number of unbranched alkanes of at least 4 members (excludes halogenated alkanes) is 4. The number of carbonyl (C=O) groups is 2. The molecule has 4 heteroatoms. The second-order valence-electron chi connectivity index (χ2n) is 6.23. The zero-order valence-electron chi connectivity index (χ0n) is 16.8. The summed E-state index contributed by atoms with van der Waals surface area (Å²) in [5, 5.41) is 0. The Morgan fingerprint density at radius 2 is 1.64 bits per heavy atom. The summed E-state index contributed by atoms with van der Waals surface area (Å²) in [6.07, 6.45) is 10.4. The minimum Gasteiger partial charge on any atom is -0.462 e. The molecule has 0 bridgehead atoms. The summed E-state index contributed by atoms with van der Waals surface area (Å²) in [6, 6.07) is 0. The van der Waals surface area contributed by atoms with Gasteiger partial charge in [-0.25, -0.2) is 9.59 Å². The highest BCUT2D eigenvalue weighted by atomic mass is 16.5. The highest BCUT2D eigenvalue weighted by Gasteiger charge is 2.07. The molecule has 0 spiro atoms. The predicted octanol–water partition coefficient (Wildman–Crippen LogP) is 5.62. The summed E-state index contributed by atoms with van der Waals surface area (Å²) < 4.78 is 9.90. The molecule has 1 unspecified atom stereocenters. The summed E-state index contributed by atoms with van der Waals surface area (Å²) in [7, 11) is 0. The molecule has 0 aliphatic carbocycles. The van der Waals surface area contributed by atoms with Crippen molar-refractivity contribution in [3.8, 4) is 0 Å². The first-order chi connectivity index (χ1) is 11.9. The quantitative estimate of drug-likeness (QED) is 0.245. The Morgan fingerprint density at radius 3 is 2.12 bits per heavy atom. The van der Waals surface area contributed by atoms with Crippen molar-refractivity contribution in [3.05, 3.63) is 24.8 Å². The van der Waals surface area contributed by atoms with Crippen LogP contribution in [0.15, 0.2) is 24.8 Å². The van der Waals surface area contributed by atoms with Crippen LogP contribution in [0.25, 0.3) is 0 Å². The van der Waals surface area contributed by atoms with Gasteiger partial charge < -0.3 is 9.47 Å². The second kappa shape index (κ2) is 18.8. The van der Waals surface area contributed by atoms with E-state index in [1.165, 1.54) is 31.8 Å². The van der Waals surface area contributed by atoms with E-state index in [0.29, 0.717) is 24.7 Å². The third-order valence-corrected chi connectivity index (χ3v) is 3.75.